The van der Waals surface area contributed by atoms with Gasteiger partial charge in [-0.1, -0.05) is 42.5 Å². The average Bonchev–Trinajstić information content (AvgIpc) is 2.65. The van der Waals surface area contributed by atoms with E-state index in [1.165, 1.54) is 24.3 Å². The number of aliphatic hydroxyl groups is 1. The third-order valence-corrected chi connectivity index (χ3v) is 4.08. The largest absolute Gasteiger partial charge is 0.481 e. The van der Waals surface area contributed by atoms with E-state index < -0.39 is 23.9 Å². The highest BCUT2D eigenvalue weighted by atomic mass is 19.1. The molecule has 27 heavy (non-hydrogen) atoms. The molecular weight excluding hydrogens is 351 g/mol. The Morgan fingerprint density at radius 2 is 1.70 bits per heavy atom. The van der Waals surface area contributed by atoms with Crippen molar-refractivity contribution in [2.24, 2.45) is 0 Å². The molecule has 2 amide bonds. The topological polar surface area (TPSA) is 98.7 Å². The fraction of sp³-hybridized carbons (Fsp3) is 0.300. The Hall–Kier alpha value is -2.93. The van der Waals surface area contributed by atoms with Gasteiger partial charge in [-0.3, -0.25) is 4.79 Å². The van der Waals surface area contributed by atoms with Gasteiger partial charge in [-0.05, 0) is 36.1 Å². The van der Waals surface area contributed by atoms with E-state index in [4.69, 9.17) is 5.11 Å². The minimum absolute atomic E-state index is 0.0472. The normalized spacial score (nSPS) is 12.8. The zero-order chi connectivity index (χ0) is 19.6. The van der Waals surface area contributed by atoms with Gasteiger partial charge in [-0.25, -0.2) is 9.18 Å². The van der Waals surface area contributed by atoms with E-state index in [9.17, 15) is 19.1 Å². The van der Waals surface area contributed by atoms with Crippen molar-refractivity contribution < 1.29 is 24.2 Å². The van der Waals surface area contributed by atoms with Gasteiger partial charge in [-0.2, -0.15) is 0 Å². The van der Waals surface area contributed by atoms with Gasteiger partial charge in [0.25, 0.3) is 0 Å². The van der Waals surface area contributed by atoms with Crippen molar-refractivity contribution in [2.75, 3.05) is 6.54 Å². The Bertz CT molecular complexity index is 737. The number of carboxylic acids is 1. The molecule has 144 valence electrons. The van der Waals surface area contributed by atoms with E-state index in [0.29, 0.717) is 12.0 Å². The van der Waals surface area contributed by atoms with Crippen molar-refractivity contribution in [2.45, 2.75) is 31.4 Å². The highest BCUT2D eigenvalue weighted by Gasteiger charge is 2.16. The number of rotatable bonds is 9. The summed E-state index contributed by atoms with van der Waals surface area (Å²) in [7, 11) is 0. The molecule has 2 aromatic rings. The molecule has 0 aliphatic carbocycles. The molecule has 0 radical (unpaired) electrons. The first kappa shape index (κ1) is 20.4. The Kier molecular flexibility index (Phi) is 7.76. The van der Waals surface area contributed by atoms with Crippen LogP contribution in [0.1, 0.15) is 30.1 Å². The average molecular weight is 374 g/mol. The maximum atomic E-state index is 12.9. The smallest absolute Gasteiger partial charge is 0.315 e. The molecule has 0 aliphatic rings. The third-order valence-electron chi connectivity index (χ3n) is 4.08. The van der Waals surface area contributed by atoms with Gasteiger partial charge < -0.3 is 20.8 Å². The highest BCUT2D eigenvalue weighted by Crippen LogP contribution is 2.12. The number of urea groups is 1. The lowest BCUT2D eigenvalue weighted by molar-refractivity contribution is -0.137. The van der Waals surface area contributed by atoms with Crippen molar-refractivity contribution in [1.82, 2.24) is 10.6 Å². The van der Waals surface area contributed by atoms with Crippen LogP contribution in [0.3, 0.4) is 0 Å². The molecule has 0 aliphatic heterocycles. The lowest BCUT2D eigenvalue weighted by atomic mass is 10.0. The summed E-state index contributed by atoms with van der Waals surface area (Å²) in [5.74, 6) is -1.33. The summed E-state index contributed by atoms with van der Waals surface area (Å²) >= 11 is 0. The maximum absolute atomic E-state index is 12.9. The highest BCUT2D eigenvalue weighted by molar-refractivity contribution is 5.74. The van der Waals surface area contributed by atoms with E-state index in [1.807, 2.05) is 30.3 Å². The van der Waals surface area contributed by atoms with Gasteiger partial charge in [0.1, 0.15) is 5.82 Å². The Morgan fingerprint density at radius 3 is 2.33 bits per heavy atom. The predicted octanol–water partition coefficient (Wildman–Crippen LogP) is 2.63. The van der Waals surface area contributed by atoms with Crippen LogP contribution in [0.4, 0.5) is 9.18 Å². The van der Waals surface area contributed by atoms with Crippen LogP contribution in [0.15, 0.2) is 54.6 Å². The quantitative estimate of drug-likeness (QED) is 0.542. The molecule has 0 saturated carbocycles. The lowest BCUT2D eigenvalue weighted by Gasteiger charge is -2.20. The second-order valence-corrected chi connectivity index (χ2v) is 6.24. The summed E-state index contributed by atoms with van der Waals surface area (Å²) in [6, 6.07) is 14.0. The van der Waals surface area contributed by atoms with Gasteiger partial charge in [0.2, 0.25) is 0 Å². The van der Waals surface area contributed by atoms with Gasteiger partial charge in [0.15, 0.2) is 0 Å². The molecule has 2 atom stereocenters. The first-order chi connectivity index (χ1) is 12.9. The first-order valence-electron chi connectivity index (χ1n) is 8.67. The molecule has 2 rings (SSSR count). The molecule has 7 heteroatoms. The van der Waals surface area contributed by atoms with Crippen LogP contribution in [0, 0.1) is 5.82 Å². The van der Waals surface area contributed by atoms with Gasteiger partial charge in [-0.15, -0.1) is 0 Å². The Labute approximate surface area is 157 Å². The molecule has 0 bridgehead atoms. The van der Waals surface area contributed by atoms with Crippen molar-refractivity contribution in [3.8, 4) is 0 Å². The molecule has 0 spiro atoms. The fourth-order valence-corrected chi connectivity index (χ4v) is 2.65. The van der Waals surface area contributed by atoms with Crippen LogP contribution in [0.25, 0.3) is 0 Å². The van der Waals surface area contributed by atoms with Crippen molar-refractivity contribution >= 4 is 12.0 Å². The number of carboxylic acid groups (broad SMARTS) is 1. The van der Waals surface area contributed by atoms with E-state index in [2.05, 4.69) is 10.6 Å². The first-order valence-corrected chi connectivity index (χ1v) is 8.67. The second-order valence-electron chi connectivity index (χ2n) is 6.24. The zero-order valence-electron chi connectivity index (χ0n) is 14.8. The molecule has 0 fully saturated rings. The van der Waals surface area contributed by atoms with Crippen molar-refractivity contribution in [1.29, 1.82) is 0 Å². The number of amides is 2. The molecule has 0 heterocycles. The van der Waals surface area contributed by atoms with Crippen molar-refractivity contribution in [3.05, 3.63) is 71.5 Å². The molecule has 2 aromatic carbocycles. The van der Waals surface area contributed by atoms with Gasteiger partial charge >= 0.3 is 12.0 Å². The van der Waals surface area contributed by atoms with Gasteiger partial charge in [0.05, 0.1) is 6.10 Å². The summed E-state index contributed by atoms with van der Waals surface area (Å²) in [5, 5.41) is 24.3. The van der Waals surface area contributed by atoms with Crippen molar-refractivity contribution in [3.63, 3.8) is 0 Å². The van der Waals surface area contributed by atoms with Gasteiger partial charge in [0, 0.05) is 19.0 Å². The van der Waals surface area contributed by atoms with Crippen LogP contribution in [0.5, 0.6) is 0 Å². The molecule has 6 nitrogen and oxygen atoms in total. The second kappa shape index (κ2) is 10.3. The molecule has 1 unspecified atom stereocenters. The summed E-state index contributed by atoms with van der Waals surface area (Å²) in [4.78, 5) is 23.0. The number of nitrogens with one attached hydrogen (secondary N) is 2. The molecule has 0 saturated heterocycles. The fourth-order valence-electron chi connectivity index (χ4n) is 2.65. The molecule has 4 N–H and O–H groups in total. The number of carbonyl (C=O) groups excluding carboxylic acids is 1. The minimum atomic E-state index is -0.969. The maximum Gasteiger partial charge on any atom is 0.315 e. The monoisotopic (exact) mass is 374 g/mol. The number of benzene rings is 2. The zero-order valence-corrected chi connectivity index (χ0v) is 14.8. The third kappa shape index (κ3) is 7.45. The van der Waals surface area contributed by atoms with Crippen LogP contribution in [0.2, 0.25) is 0 Å². The Balaban J connectivity index is 1.87. The van der Waals surface area contributed by atoms with Crippen LogP contribution in [-0.4, -0.2) is 34.8 Å². The summed E-state index contributed by atoms with van der Waals surface area (Å²) in [6.07, 6.45) is -0.237. The Morgan fingerprint density at radius 1 is 1.04 bits per heavy atom. The summed E-state index contributed by atoms with van der Waals surface area (Å²) < 4.78 is 12.9. The van der Waals surface area contributed by atoms with E-state index in [-0.39, 0.29) is 25.4 Å². The van der Waals surface area contributed by atoms with E-state index in [0.717, 1.165) is 5.56 Å². The van der Waals surface area contributed by atoms with E-state index >= 15 is 0 Å². The van der Waals surface area contributed by atoms with E-state index in [1.54, 1.807) is 0 Å². The number of hydrogen-bond acceptors (Lipinski definition) is 3. The van der Waals surface area contributed by atoms with Crippen LogP contribution >= 0.6 is 0 Å². The number of aliphatic hydroxyl groups excluding tert-OH is 1. The standard InChI is InChI=1S/C20H23FN2O4/c21-16-8-6-15(7-9-16)18(24)13-22-20(27)23-17(10-11-19(25)26)12-14-4-2-1-3-5-14/h1-9,17-18,24H,10-13H2,(H,25,26)(H2,22,23,27)/t17?,18-/m1/s1. The minimum Gasteiger partial charge on any atom is -0.481 e. The molecular formula is C20H23FN2O4. The molecule has 0 aromatic heterocycles. The van der Waals surface area contributed by atoms with Crippen LogP contribution < -0.4 is 10.6 Å². The lowest BCUT2D eigenvalue weighted by Crippen LogP contribution is -2.44. The SMILES string of the molecule is O=C(O)CCC(Cc1ccccc1)NC(=O)NC[C@@H](O)c1ccc(F)cc1. The predicted molar refractivity (Wildman–Crippen MR) is 98.7 cm³/mol. The number of aliphatic carboxylic acids is 1. The number of halogens is 1. The summed E-state index contributed by atoms with van der Waals surface area (Å²) in [5.41, 5.74) is 1.47. The number of hydrogen-bond donors (Lipinski definition) is 4. The summed E-state index contributed by atoms with van der Waals surface area (Å²) in [6.45, 7) is -0.0472. The van der Waals surface area contributed by atoms with Crippen LogP contribution in [-0.2, 0) is 11.2 Å². The number of carbonyl (C=O) groups is 2.